The van der Waals surface area contributed by atoms with Gasteiger partial charge in [-0.2, -0.15) is 0 Å². The van der Waals surface area contributed by atoms with E-state index < -0.39 is 0 Å². The Morgan fingerprint density at radius 3 is 2.67 bits per heavy atom. The number of tetrazole rings is 1. The van der Waals surface area contributed by atoms with E-state index in [9.17, 15) is 0 Å². The maximum Gasteiger partial charge on any atom is 0.183 e. The Morgan fingerprint density at radius 1 is 1.10 bits per heavy atom. The van der Waals surface area contributed by atoms with Gasteiger partial charge in [0.2, 0.25) is 0 Å². The Bertz CT molecular complexity index is 894. The number of piperidine rings is 1. The normalized spacial score (nSPS) is 15.4. The monoisotopic (exact) mass is 426 g/mol. The molecule has 0 atom stereocenters. The zero-order valence-corrected chi connectivity index (χ0v) is 17.7. The van der Waals surface area contributed by atoms with Crippen molar-refractivity contribution in [2.45, 2.75) is 31.8 Å². The van der Waals surface area contributed by atoms with E-state index in [1.54, 1.807) is 0 Å². The molecule has 3 aromatic rings. The van der Waals surface area contributed by atoms with Crippen LogP contribution >= 0.6 is 11.6 Å². The van der Waals surface area contributed by atoms with E-state index in [2.05, 4.69) is 43.0 Å². The second kappa shape index (κ2) is 10.5. The van der Waals surface area contributed by atoms with E-state index >= 15 is 0 Å². The van der Waals surface area contributed by atoms with Crippen LogP contribution in [0.4, 0.5) is 0 Å². The van der Waals surface area contributed by atoms with E-state index in [0.29, 0.717) is 18.5 Å². The van der Waals surface area contributed by atoms with Gasteiger partial charge in [0.15, 0.2) is 5.82 Å². The molecule has 8 heteroatoms. The highest BCUT2D eigenvalue weighted by atomic mass is 35.5. The Labute approximate surface area is 181 Å². The number of nitrogens with one attached hydrogen (secondary N) is 2. The van der Waals surface area contributed by atoms with E-state index in [0.717, 1.165) is 48.9 Å². The number of halogens is 1. The highest BCUT2D eigenvalue weighted by Gasteiger charge is 2.18. The van der Waals surface area contributed by atoms with Crippen LogP contribution in [0.1, 0.15) is 24.8 Å². The zero-order valence-electron chi connectivity index (χ0n) is 16.9. The zero-order chi connectivity index (χ0) is 20.6. The van der Waals surface area contributed by atoms with Crippen LogP contribution in [0.15, 0.2) is 48.5 Å². The largest absolute Gasteiger partial charge is 0.493 e. The number of aromatic nitrogens is 4. The number of aromatic amines is 1. The van der Waals surface area contributed by atoms with Crippen LogP contribution in [0.3, 0.4) is 0 Å². The topological polar surface area (TPSA) is 79.0 Å². The number of H-pyrrole nitrogens is 1. The van der Waals surface area contributed by atoms with Gasteiger partial charge in [0.05, 0.1) is 12.2 Å². The van der Waals surface area contributed by atoms with Crippen LogP contribution in [0, 0.1) is 0 Å². The molecule has 0 aliphatic carbocycles. The molecule has 7 nitrogen and oxygen atoms in total. The Morgan fingerprint density at radius 2 is 1.90 bits per heavy atom. The van der Waals surface area contributed by atoms with Crippen molar-refractivity contribution >= 4 is 11.6 Å². The first-order valence-corrected chi connectivity index (χ1v) is 10.8. The summed E-state index contributed by atoms with van der Waals surface area (Å²) >= 11 is 5.97. The molecule has 0 saturated carbocycles. The van der Waals surface area contributed by atoms with E-state index in [-0.39, 0.29) is 0 Å². The van der Waals surface area contributed by atoms with Crippen LogP contribution in [0.5, 0.6) is 5.75 Å². The minimum Gasteiger partial charge on any atom is -0.493 e. The minimum atomic E-state index is 0.582. The average Bonchev–Trinajstić information content (AvgIpc) is 3.31. The van der Waals surface area contributed by atoms with Gasteiger partial charge in [0.25, 0.3) is 0 Å². The molecule has 1 aromatic heterocycles. The molecule has 0 radical (unpaired) electrons. The van der Waals surface area contributed by atoms with Crippen LogP contribution in [-0.4, -0.2) is 57.8 Å². The number of hydrogen-bond donors (Lipinski definition) is 2. The maximum absolute atomic E-state index is 5.97. The van der Waals surface area contributed by atoms with Crippen molar-refractivity contribution in [1.29, 1.82) is 0 Å². The molecule has 30 heavy (non-hydrogen) atoms. The number of para-hydroxylation sites is 1. The number of benzene rings is 2. The van der Waals surface area contributed by atoms with Crippen LogP contribution in [0.25, 0.3) is 11.4 Å². The predicted molar refractivity (Wildman–Crippen MR) is 117 cm³/mol. The molecule has 1 fully saturated rings. The lowest BCUT2D eigenvalue weighted by Crippen LogP contribution is -2.42. The molecule has 2 aromatic carbocycles. The summed E-state index contributed by atoms with van der Waals surface area (Å²) in [4.78, 5) is 2.51. The van der Waals surface area contributed by atoms with E-state index in [1.165, 1.54) is 18.4 Å². The first-order chi connectivity index (χ1) is 14.8. The fourth-order valence-corrected chi connectivity index (χ4v) is 3.89. The summed E-state index contributed by atoms with van der Waals surface area (Å²) in [6, 6.07) is 16.5. The molecule has 2 N–H and O–H groups in total. The number of hydrogen-bond acceptors (Lipinski definition) is 6. The van der Waals surface area contributed by atoms with Gasteiger partial charge in [0.1, 0.15) is 5.75 Å². The Kier molecular flexibility index (Phi) is 7.29. The van der Waals surface area contributed by atoms with Crippen molar-refractivity contribution in [3.8, 4) is 17.1 Å². The van der Waals surface area contributed by atoms with Gasteiger partial charge in [-0.3, -0.25) is 4.90 Å². The van der Waals surface area contributed by atoms with E-state index in [1.807, 2.05) is 36.4 Å². The maximum atomic E-state index is 5.97. The average molecular weight is 427 g/mol. The fourth-order valence-electron chi connectivity index (χ4n) is 3.77. The Hall–Kier alpha value is -2.48. The molecule has 1 aliphatic rings. The summed E-state index contributed by atoms with van der Waals surface area (Å²) in [5.74, 6) is 1.42. The lowest BCUT2D eigenvalue weighted by Gasteiger charge is -2.32. The Balaban J connectivity index is 1.13. The number of ether oxygens (including phenoxy) is 1. The van der Waals surface area contributed by atoms with Crippen LogP contribution < -0.4 is 10.1 Å². The summed E-state index contributed by atoms with van der Waals surface area (Å²) < 4.78 is 5.97. The third-order valence-corrected chi connectivity index (χ3v) is 5.66. The lowest BCUT2D eigenvalue weighted by atomic mass is 10.0. The van der Waals surface area contributed by atoms with Gasteiger partial charge in [-0.25, -0.2) is 5.10 Å². The van der Waals surface area contributed by atoms with Gasteiger partial charge in [0, 0.05) is 17.6 Å². The fraction of sp³-hybridized carbons (Fsp3) is 0.409. The summed E-state index contributed by atoms with van der Waals surface area (Å²) in [5.41, 5.74) is 2.20. The molecule has 4 rings (SSSR count). The second-order valence-corrected chi connectivity index (χ2v) is 8.02. The predicted octanol–water partition coefficient (Wildman–Crippen LogP) is 3.54. The summed E-state index contributed by atoms with van der Waals surface area (Å²) in [7, 11) is 0. The first kappa shape index (κ1) is 20.8. The molecule has 158 valence electrons. The van der Waals surface area contributed by atoms with E-state index in [4.69, 9.17) is 16.3 Å². The highest BCUT2D eigenvalue weighted by Crippen LogP contribution is 2.26. The molecular weight excluding hydrogens is 400 g/mol. The minimum absolute atomic E-state index is 0.582. The van der Waals surface area contributed by atoms with Gasteiger partial charge < -0.3 is 10.1 Å². The second-order valence-electron chi connectivity index (χ2n) is 7.58. The first-order valence-electron chi connectivity index (χ1n) is 10.4. The standard InChI is InChI=1S/C22H27ClN6O/c23-18-8-6-17(7-9-18)16-29-13-10-19(11-14-29)24-12-3-15-30-21-5-2-1-4-20(21)22-25-27-28-26-22/h1-2,4-9,19,24H,3,10-16H2,(H,25,26,27,28). The molecule has 0 unspecified atom stereocenters. The van der Waals surface area contributed by atoms with Crippen molar-refractivity contribution in [3.05, 3.63) is 59.1 Å². The van der Waals surface area contributed by atoms with Gasteiger partial charge in [-0.1, -0.05) is 35.9 Å². The number of rotatable bonds is 9. The number of likely N-dealkylation sites (tertiary alicyclic amines) is 1. The molecule has 0 spiro atoms. The molecule has 2 heterocycles. The van der Waals surface area contributed by atoms with Crippen LogP contribution in [-0.2, 0) is 6.54 Å². The van der Waals surface area contributed by atoms with Crippen molar-refractivity contribution in [2.75, 3.05) is 26.2 Å². The quantitative estimate of drug-likeness (QED) is 0.509. The molecule has 1 saturated heterocycles. The summed E-state index contributed by atoms with van der Waals surface area (Å²) in [6.07, 6.45) is 3.31. The highest BCUT2D eigenvalue weighted by molar-refractivity contribution is 6.30. The molecule has 1 aliphatic heterocycles. The summed E-state index contributed by atoms with van der Waals surface area (Å²) in [5, 5.41) is 18.5. The molecular formula is C22H27ClN6O. The van der Waals surface area contributed by atoms with Crippen molar-refractivity contribution in [3.63, 3.8) is 0 Å². The van der Waals surface area contributed by atoms with Crippen molar-refractivity contribution in [2.24, 2.45) is 0 Å². The van der Waals surface area contributed by atoms with Crippen molar-refractivity contribution in [1.82, 2.24) is 30.8 Å². The van der Waals surface area contributed by atoms with Gasteiger partial charge >= 0.3 is 0 Å². The summed E-state index contributed by atoms with van der Waals surface area (Å²) in [6.45, 7) is 4.84. The van der Waals surface area contributed by atoms with Gasteiger partial charge in [-0.15, -0.1) is 5.10 Å². The SMILES string of the molecule is Clc1ccc(CN2CCC(NCCCOc3ccccc3-c3nnn[nH]3)CC2)cc1. The third-order valence-electron chi connectivity index (χ3n) is 5.41. The molecule has 0 bridgehead atoms. The van der Waals surface area contributed by atoms with Crippen molar-refractivity contribution < 1.29 is 4.74 Å². The molecule has 0 amide bonds. The van der Waals surface area contributed by atoms with Gasteiger partial charge in [-0.05, 0) is 79.2 Å². The number of nitrogens with zero attached hydrogens (tertiary/aromatic N) is 4. The lowest BCUT2D eigenvalue weighted by molar-refractivity contribution is 0.189. The smallest absolute Gasteiger partial charge is 0.183 e. The third kappa shape index (κ3) is 5.78. The van der Waals surface area contributed by atoms with Crippen LogP contribution in [0.2, 0.25) is 5.02 Å².